The molecule has 0 atom stereocenters. The molecule has 0 amide bonds. The lowest BCUT2D eigenvalue weighted by molar-refractivity contribution is 0.506. The van der Waals surface area contributed by atoms with Crippen molar-refractivity contribution in [2.24, 2.45) is 5.73 Å². The molecule has 0 saturated heterocycles. The molecule has 0 aliphatic carbocycles. The van der Waals surface area contributed by atoms with Crippen molar-refractivity contribution in [3.63, 3.8) is 0 Å². The quantitative estimate of drug-likeness (QED) is 0.790. The van der Waals surface area contributed by atoms with E-state index in [9.17, 15) is 0 Å². The van der Waals surface area contributed by atoms with E-state index in [4.69, 9.17) is 5.73 Å². The molecule has 0 heterocycles. The van der Waals surface area contributed by atoms with Gasteiger partial charge in [-0.15, -0.1) is 0 Å². The zero-order chi connectivity index (χ0) is 14.6. The average molecular weight is 275 g/mol. The van der Waals surface area contributed by atoms with Crippen LogP contribution in [0.25, 0.3) is 5.57 Å². The van der Waals surface area contributed by atoms with E-state index < -0.39 is 0 Å². The van der Waals surface area contributed by atoms with Crippen LogP contribution in [0.4, 0.5) is 0 Å². The topological polar surface area (TPSA) is 26.0 Å². The van der Waals surface area contributed by atoms with Gasteiger partial charge >= 0.3 is 0 Å². The Kier molecular flexibility index (Phi) is 5.30. The van der Waals surface area contributed by atoms with Gasteiger partial charge in [-0.25, -0.2) is 0 Å². The summed E-state index contributed by atoms with van der Waals surface area (Å²) in [6.45, 7) is 14.7. The first-order valence-corrected chi connectivity index (χ1v) is 7.50. The Bertz CT molecular complexity index is 480. The van der Waals surface area contributed by atoms with Crippen LogP contribution in [0.1, 0.15) is 52.2 Å². The molecule has 0 fully saturated rings. The Balaban J connectivity index is 3.02. The molecule has 2 N–H and O–H groups in total. The van der Waals surface area contributed by atoms with Crippen LogP contribution in [0, 0.1) is 0 Å². The van der Waals surface area contributed by atoms with Crippen LogP contribution in [0.2, 0.25) is 0 Å². The second-order valence-electron chi connectivity index (χ2n) is 5.56. The highest BCUT2D eigenvalue weighted by atomic mass is 32.2. The maximum absolute atomic E-state index is 5.64. The van der Waals surface area contributed by atoms with Crippen molar-refractivity contribution in [1.82, 2.24) is 0 Å². The Morgan fingerprint density at radius 2 is 1.74 bits per heavy atom. The summed E-state index contributed by atoms with van der Waals surface area (Å²) in [5, 5.41) is 0.639. The largest absolute Gasteiger partial charge is 0.394 e. The summed E-state index contributed by atoms with van der Waals surface area (Å²) in [5.74, 6) is 0. The van der Waals surface area contributed by atoms with Crippen LogP contribution in [-0.2, 0) is 5.41 Å². The van der Waals surface area contributed by atoms with Crippen molar-refractivity contribution in [1.29, 1.82) is 0 Å². The molecule has 0 spiro atoms. The van der Waals surface area contributed by atoms with E-state index in [1.165, 1.54) is 33.4 Å². The van der Waals surface area contributed by atoms with Crippen LogP contribution in [0.5, 0.6) is 0 Å². The third-order valence-corrected chi connectivity index (χ3v) is 4.67. The molecule has 1 nitrogen and oxygen atoms in total. The van der Waals surface area contributed by atoms with E-state index in [-0.39, 0.29) is 5.41 Å². The number of allylic oxidation sites excluding steroid dienone is 2. The van der Waals surface area contributed by atoms with Crippen LogP contribution in [0.3, 0.4) is 0 Å². The van der Waals surface area contributed by atoms with Crippen LogP contribution in [0.15, 0.2) is 40.8 Å². The monoisotopic (exact) mass is 275 g/mol. The fourth-order valence-corrected chi connectivity index (χ4v) is 2.52. The minimum absolute atomic E-state index is 0.242. The summed E-state index contributed by atoms with van der Waals surface area (Å²) < 4.78 is 0. The van der Waals surface area contributed by atoms with Crippen LogP contribution < -0.4 is 5.73 Å². The number of hydrogen-bond acceptors (Lipinski definition) is 2. The summed E-state index contributed by atoms with van der Waals surface area (Å²) in [6.07, 6.45) is 1.14. The van der Waals surface area contributed by atoms with E-state index in [1.807, 2.05) is 0 Å². The summed E-state index contributed by atoms with van der Waals surface area (Å²) in [4.78, 5) is 1.20. The molecule has 1 aromatic rings. The van der Waals surface area contributed by atoms with Gasteiger partial charge in [0.05, 0.1) is 5.03 Å². The number of nitrogens with two attached hydrogens (primary N) is 1. The first kappa shape index (κ1) is 15.9. The van der Waals surface area contributed by atoms with Gasteiger partial charge in [-0.05, 0) is 47.3 Å². The predicted molar refractivity (Wildman–Crippen MR) is 88.9 cm³/mol. The molecule has 0 unspecified atom stereocenters. The fourth-order valence-electron chi connectivity index (χ4n) is 1.85. The van der Waals surface area contributed by atoms with Gasteiger partial charge in [-0.3, -0.25) is 0 Å². The van der Waals surface area contributed by atoms with E-state index in [0.717, 1.165) is 6.42 Å². The number of benzene rings is 1. The van der Waals surface area contributed by atoms with Gasteiger partial charge in [0.15, 0.2) is 0 Å². The normalized spacial score (nSPS) is 13.1. The van der Waals surface area contributed by atoms with Crippen molar-refractivity contribution in [3.05, 3.63) is 51.9 Å². The lowest BCUT2D eigenvalue weighted by atomic mass is 9.82. The third kappa shape index (κ3) is 4.17. The maximum Gasteiger partial charge on any atom is 0.0627 e. The molecule has 0 aromatic heterocycles. The zero-order valence-corrected chi connectivity index (χ0v) is 13.5. The number of hydrogen-bond donors (Lipinski definition) is 1. The van der Waals surface area contributed by atoms with Crippen molar-refractivity contribution in [2.75, 3.05) is 0 Å². The maximum atomic E-state index is 5.64. The Morgan fingerprint density at radius 1 is 1.21 bits per heavy atom. The molecule has 0 radical (unpaired) electrons. The lowest BCUT2D eigenvalue weighted by Crippen LogP contribution is -2.15. The fraction of sp³-hybridized carbons (Fsp3) is 0.412. The summed E-state index contributed by atoms with van der Waals surface area (Å²) >= 11 is 1.53. The lowest BCUT2D eigenvalue weighted by Gasteiger charge is -2.23. The Morgan fingerprint density at radius 3 is 2.16 bits per heavy atom. The van der Waals surface area contributed by atoms with E-state index in [0.29, 0.717) is 5.03 Å². The van der Waals surface area contributed by atoms with Gasteiger partial charge in [-0.2, -0.15) is 0 Å². The zero-order valence-electron chi connectivity index (χ0n) is 12.7. The molecule has 104 valence electrons. The summed E-state index contributed by atoms with van der Waals surface area (Å²) in [6, 6.07) is 8.87. The smallest absolute Gasteiger partial charge is 0.0627 e. The number of rotatable bonds is 5. The molecule has 1 rings (SSSR count). The van der Waals surface area contributed by atoms with Gasteiger partial charge in [0.25, 0.3) is 0 Å². The van der Waals surface area contributed by atoms with Gasteiger partial charge in [0, 0.05) is 0 Å². The van der Waals surface area contributed by atoms with Gasteiger partial charge in [0.1, 0.15) is 0 Å². The van der Waals surface area contributed by atoms with Crippen molar-refractivity contribution < 1.29 is 0 Å². The first-order chi connectivity index (χ1) is 8.77. The van der Waals surface area contributed by atoms with Crippen molar-refractivity contribution in [3.8, 4) is 0 Å². The minimum Gasteiger partial charge on any atom is -0.394 e. The molecule has 0 bridgehead atoms. The molecule has 0 saturated carbocycles. The predicted octanol–water partition coefficient (Wildman–Crippen LogP) is 5.29. The molecule has 2 heteroatoms. The van der Waals surface area contributed by atoms with Crippen molar-refractivity contribution >= 4 is 17.3 Å². The first-order valence-electron chi connectivity index (χ1n) is 6.68. The molecular weight excluding hydrogens is 250 g/mol. The standard InChI is InChI=1S/C17H25NS/c1-7-17(5,6)16-10-8-15(9-11-16)12(2)13(3)19-14(4)18/h8-11H,4,7,18H2,1-3,5-6H3/b13-12+. The average Bonchev–Trinajstić information content (AvgIpc) is 2.37. The highest BCUT2D eigenvalue weighted by molar-refractivity contribution is 8.06. The summed E-state index contributed by atoms with van der Waals surface area (Å²) in [7, 11) is 0. The Hall–Kier alpha value is -1.15. The van der Waals surface area contributed by atoms with E-state index in [2.05, 4.69) is 65.5 Å². The van der Waals surface area contributed by atoms with Gasteiger partial charge < -0.3 is 5.73 Å². The molecular formula is C17H25NS. The third-order valence-electron chi connectivity index (χ3n) is 3.80. The molecule has 19 heavy (non-hydrogen) atoms. The van der Waals surface area contributed by atoms with E-state index in [1.54, 1.807) is 0 Å². The summed E-state index contributed by atoms with van der Waals surface area (Å²) in [5.41, 5.74) is 9.79. The highest BCUT2D eigenvalue weighted by Crippen LogP contribution is 2.31. The second-order valence-corrected chi connectivity index (χ2v) is 6.91. The second kappa shape index (κ2) is 6.33. The minimum atomic E-state index is 0.242. The van der Waals surface area contributed by atoms with E-state index >= 15 is 0 Å². The SMILES string of the molecule is C=C(N)S/C(C)=C(\C)c1ccc(C(C)(C)CC)cc1. The Labute approximate surface area is 122 Å². The molecule has 0 aliphatic heterocycles. The highest BCUT2D eigenvalue weighted by Gasteiger charge is 2.17. The van der Waals surface area contributed by atoms with Crippen LogP contribution >= 0.6 is 11.8 Å². The molecule has 1 aromatic carbocycles. The number of thioether (sulfide) groups is 1. The molecule has 0 aliphatic rings. The van der Waals surface area contributed by atoms with Gasteiger partial charge in [0.2, 0.25) is 0 Å². The van der Waals surface area contributed by atoms with Gasteiger partial charge in [-0.1, -0.05) is 63.4 Å². The van der Waals surface area contributed by atoms with Crippen molar-refractivity contribution in [2.45, 2.75) is 46.5 Å². The van der Waals surface area contributed by atoms with Crippen LogP contribution in [-0.4, -0.2) is 0 Å².